The summed E-state index contributed by atoms with van der Waals surface area (Å²) in [5.41, 5.74) is 0.882. The quantitative estimate of drug-likeness (QED) is 0.310. The highest BCUT2D eigenvalue weighted by Crippen LogP contribution is 2.24. The Labute approximate surface area is 137 Å². The molecule has 0 unspecified atom stereocenters. The van der Waals surface area contributed by atoms with Gasteiger partial charge in [-0.05, 0) is 46.4 Å². The fraction of sp³-hybridized carbons (Fsp3) is 0.0714. The minimum Gasteiger partial charge on any atom is -0.435 e. The Morgan fingerprint density at radius 2 is 2.05 bits per heavy atom. The molecule has 22 heavy (non-hydrogen) atoms. The molecule has 0 radical (unpaired) electrons. The predicted molar refractivity (Wildman–Crippen MR) is 86.1 cm³/mol. The van der Waals surface area contributed by atoms with Crippen molar-refractivity contribution in [1.29, 1.82) is 0 Å². The van der Waals surface area contributed by atoms with Gasteiger partial charge in [0.15, 0.2) is 0 Å². The second kappa shape index (κ2) is 7.25. The summed E-state index contributed by atoms with van der Waals surface area (Å²) >= 11 is 1.96. The Hall–Kier alpha value is -2.10. The van der Waals surface area contributed by atoms with Crippen LogP contribution in [0, 0.1) is 13.7 Å². The van der Waals surface area contributed by atoms with E-state index in [9.17, 15) is 18.9 Å². The fourth-order valence-electron chi connectivity index (χ4n) is 1.66. The van der Waals surface area contributed by atoms with Crippen molar-refractivity contribution in [3.63, 3.8) is 0 Å². The molecule has 0 amide bonds. The van der Waals surface area contributed by atoms with Crippen LogP contribution in [0.2, 0.25) is 0 Å². The predicted octanol–water partition coefficient (Wildman–Crippen LogP) is 4.55. The number of hydrogen-bond acceptors (Lipinski definition) is 4. The van der Waals surface area contributed by atoms with Crippen LogP contribution in [-0.2, 0) is 0 Å². The van der Waals surface area contributed by atoms with Crippen LogP contribution in [0.5, 0.6) is 5.75 Å². The first-order chi connectivity index (χ1) is 10.4. The highest BCUT2D eigenvalue weighted by Gasteiger charge is 2.08. The van der Waals surface area contributed by atoms with Crippen LogP contribution in [0.15, 0.2) is 47.5 Å². The van der Waals surface area contributed by atoms with Crippen molar-refractivity contribution in [2.75, 3.05) is 0 Å². The van der Waals surface area contributed by atoms with Crippen molar-refractivity contribution >= 4 is 40.2 Å². The summed E-state index contributed by atoms with van der Waals surface area (Å²) in [5, 5.41) is 10.8. The second-order valence-electron chi connectivity index (χ2n) is 4.13. The first kappa shape index (κ1) is 16.3. The van der Waals surface area contributed by atoms with Crippen LogP contribution in [-0.4, -0.2) is 17.7 Å². The maximum absolute atomic E-state index is 12.1. The zero-order chi connectivity index (χ0) is 16.1. The third-order valence-electron chi connectivity index (χ3n) is 2.52. The summed E-state index contributed by atoms with van der Waals surface area (Å²) in [5.74, 6) is 0.0209. The molecule has 0 aliphatic heterocycles. The number of nitro benzene ring substituents is 1. The molecule has 0 N–H and O–H groups in total. The Kier molecular flexibility index (Phi) is 5.36. The number of rotatable bonds is 5. The lowest BCUT2D eigenvalue weighted by atomic mass is 10.2. The zero-order valence-electron chi connectivity index (χ0n) is 10.9. The fourth-order valence-corrected chi connectivity index (χ4v) is 2.30. The molecule has 114 valence electrons. The van der Waals surface area contributed by atoms with E-state index in [1.54, 1.807) is 18.2 Å². The monoisotopic (exact) mass is 418 g/mol. The number of non-ortho nitro benzene ring substituents is 1. The van der Waals surface area contributed by atoms with Crippen molar-refractivity contribution in [2.45, 2.75) is 6.61 Å². The summed E-state index contributed by atoms with van der Waals surface area (Å²) in [6, 6.07) is 10.4. The van der Waals surface area contributed by atoms with Gasteiger partial charge in [-0.25, -0.2) is 0 Å². The van der Waals surface area contributed by atoms with Gasteiger partial charge in [0.2, 0.25) is 0 Å². The Bertz CT molecular complexity index is 723. The smallest absolute Gasteiger partial charge is 0.387 e. The number of aliphatic imine (C=N–C) groups is 1. The van der Waals surface area contributed by atoms with E-state index in [-0.39, 0.29) is 11.4 Å². The van der Waals surface area contributed by atoms with Gasteiger partial charge in [-0.2, -0.15) is 8.78 Å². The van der Waals surface area contributed by atoms with Gasteiger partial charge in [-0.15, -0.1) is 0 Å². The number of ether oxygens (including phenoxy) is 1. The van der Waals surface area contributed by atoms with Gasteiger partial charge in [0.25, 0.3) is 5.69 Å². The van der Waals surface area contributed by atoms with Crippen LogP contribution in [0.3, 0.4) is 0 Å². The summed E-state index contributed by atoms with van der Waals surface area (Å²) in [6.45, 7) is -2.90. The molecule has 5 nitrogen and oxygen atoms in total. The van der Waals surface area contributed by atoms with E-state index in [4.69, 9.17) is 0 Å². The van der Waals surface area contributed by atoms with Gasteiger partial charge < -0.3 is 4.74 Å². The SMILES string of the molecule is O=[N+]([O-])c1cc(I)cc(N=Cc2cccc(OC(F)F)c2)c1. The molecule has 2 rings (SSSR count). The molecule has 0 aliphatic carbocycles. The number of benzene rings is 2. The number of nitro groups is 1. The van der Waals surface area contributed by atoms with E-state index in [2.05, 4.69) is 9.73 Å². The molecule has 0 saturated heterocycles. The van der Waals surface area contributed by atoms with Crippen LogP contribution in [0.1, 0.15) is 5.56 Å². The summed E-state index contributed by atoms with van der Waals surface area (Å²) < 4.78 is 29.3. The molecule has 0 spiro atoms. The Balaban J connectivity index is 2.23. The van der Waals surface area contributed by atoms with Gasteiger partial charge in [0.1, 0.15) is 5.75 Å². The molecule has 2 aromatic carbocycles. The van der Waals surface area contributed by atoms with Crippen LogP contribution < -0.4 is 4.74 Å². The van der Waals surface area contributed by atoms with Crippen molar-refractivity contribution < 1.29 is 18.4 Å². The molecule has 8 heteroatoms. The molecule has 0 atom stereocenters. The zero-order valence-corrected chi connectivity index (χ0v) is 13.1. The van der Waals surface area contributed by atoms with E-state index < -0.39 is 11.5 Å². The Morgan fingerprint density at radius 1 is 1.27 bits per heavy atom. The van der Waals surface area contributed by atoms with Crippen molar-refractivity contribution in [1.82, 2.24) is 0 Å². The van der Waals surface area contributed by atoms with Crippen LogP contribution in [0.25, 0.3) is 0 Å². The lowest BCUT2D eigenvalue weighted by molar-refractivity contribution is -0.384. The summed E-state index contributed by atoms with van der Waals surface area (Å²) in [7, 11) is 0. The first-order valence-electron chi connectivity index (χ1n) is 5.98. The number of nitrogens with zero attached hydrogens (tertiary/aromatic N) is 2. The number of hydrogen-bond donors (Lipinski definition) is 0. The van der Waals surface area contributed by atoms with Gasteiger partial charge >= 0.3 is 6.61 Å². The molecular weight excluding hydrogens is 409 g/mol. The topological polar surface area (TPSA) is 64.7 Å². The Morgan fingerprint density at radius 3 is 2.73 bits per heavy atom. The van der Waals surface area contributed by atoms with E-state index in [1.807, 2.05) is 22.6 Å². The number of alkyl halides is 2. The van der Waals surface area contributed by atoms with Gasteiger partial charge in [0, 0.05) is 21.9 Å². The van der Waals surface area contributed by atoms with Crippen molar-refractivity contribution in [2.24, 2.45) is 4.99 Å². The molecule has 0 heterocycles. The van der Waals surface area contributed by atoms with Crippen molar-refractivity contribution in [3.8, 4) is 5.75 Å². The lowest BCUT2D eigenvalue weighted by Gasteiger charge is -2.04. The third kappa shape index (κ3) is 4.72. The summed E-state index contributed by atoms with van der Waals surface area (Å²) in [6.07, 6.45) is 1.42. The third-order valence-corrected chi connectivity index (χ3v) is 3.15. The van der Waals surface area contributed by atoms with E-state index >= 15 is 0 Å². The largest absolute Gasteiger partial charge is 0.435 e. The molecule has 2 aromatic rings. The molecule has 0 bridgehead atoms. The normalized spacial score (nSPS) is 11.1. The average Bonchev–Trinajstić information content (AvgIpc) is 2.44. The molecule has 0 fully saturated rings. The average molecular weight is 418 g/mol. The molecule has 0 aliphatic rings. The lowest BCUT2D eigenvalue weighted by Crippen LogP contribution is -2.01. The minimum atomic E-state index is -2.90. The van der Waals surface area contributed by atoms with Crippen molar-refractivity contribution in [3.05, 3.63) is 61.7 Å². The summed E-state index contributed by atoms with van der Waals surface area (Å²) in [4.78, 5) is 14.4. The van der Waals surface area contributed by atoms with Crippen LogP contribution >= 0.6 is 22.6 Å². The maximum atomic E-state index is 12.1. The molecule has 0 saturated carbocycles. The molecular formula is C14H9F2IN2O3. The van der Waals surface area contributed by atoms with Gasteiger partial charge in [-0.1, -0.05) is 12.1 Å². The van der Waals surface area contributed by atoms with Crippen LogP contribution in [0.4, 0.5) is 20.2 Å². The maximum Gasteiger partial charge on any atom is 0.387 e. The van der Waals surface area contributed by atoms with Gasteiger partial charge in [-0.3, -0.25) is 15.1 Å². The number of halogens is 3. The highest BCUT2D eigenvalue weighted by molar-refractivity contribution is 14.1. The first-order valence-corrected chi connectivity index (χ1v) is 7.06. The highest BCUT2D eigenvalue weighted by atomic mass is 127. The second-order valence-corrected chi connectivity index (χ2v) is 5.38. The standard InChI is InChI=1S/C14H9F2IN2O3/c15-14(16)22-13-3-1-2-9(4-13)8-18-11-5-10(17)6-12(7-11)19(20)21/h1-8,14H. The minimum absolute atomic E-state index is 0.0209. The van der Waals surface area contributed by atoms with E-state index in [0.29, 0.717) is 14.8 Å². The van der Waals surface area contributed by atoms with E-state index in [1.165, 1.54) is 30.5 Å². The van der Waals surface area contributed by atoms with E-state index in [0.717, 1.165) is 0 Å². The molecule has 0 aromatic heterocycles. The van der Waals surface area contributed by atoms with Gasteiger partial charge in [0.05, 0.1) is 10.6 Å².